The normalized spacial score (nSPS) is 11.9. The minimum absolute atomic E-state index is 0.0396. The highest BCUT2D eigenvalue weighted by molar-refractivity contribution is 6.35. The van der Waals surface area contributed by atoms with Gasteiger partial charge in [0.2, 0.25) is 5.91 Å². The van der Waals surface area contributed by atoms with Gasteiger partial charge in [0, 0.05) is 22.6 Å². The standard InChI is InChI=1S/C23H28Cl2N2O3/c1-14(2)26-23(29)17(5)27(12-18-8-9-19(24)11-20(18)25)22(28)13-30-21-10-15(3)6-7-16(21)4/h6-11,14,17H,12-13H2,1-5H3,(H,26,29)/t17-/m1/s1. The topological polar surface area (TPSA) is 58.6 Å². The second-order valence-electron chi connectivity index (χ2n) is 7.65. The zero-order valence-electron chi connectivity index (χ0n) is 18.0. The highest BCUT2D eigenvalue weighted by atomic mass is 35.5. The van der Waals surface area contributed by atoms with Crippen molar-refractivity contribution in [2.45, 2.75) is 53.2 Å². The zero-order valence-corrected chi connectivity index (χ0v) is 19.5. The summed E-state index contributed by atoms with van der Waals surface area (Å²) in [6.07, 6.45) is 0. The molecule has 0 saturated heterocycles. The van der Waals surface area contributed by atoms with Crippen LogP contribution in [0, 0.1) is 13.8 Å². The summed E-state index contributed by atoms with van der Waals surface area (Å²) < 4.78 is 5.78. The minimum atomic E-state index is -0.700. The quantitative estimate of drug-likeness (QED) is 0.619. The molecule has 0 aliphatic heterocycles. The Morgan fingerprint density at radius 1 is 1.07 bits per heavy atom. The molecule has 0 aliphatic carbocycles. The molecule has 0 spiro atoms. The van der Waals surface area contributed by atoms with Gasteiger partial charge < -0.3 is 15.0 Å². The third-order valence-electron chi connectivity index (χ3n) is 4.65. The van der Waals surface area contributed by atoms with E-state index in [-0.39, 0.29) is 31.0 Å². The molecule has 1 N–H and O–H groups in total. The number of hydrogen-bond donors (Lipinski definition) is 1. The fourth-order valence-corrected chi connectivity index (χ4v) is 3.37. The number of carbonyl (C=O) groups excluding carboxylic acids is 2. The second kappa shape index (κ2) is 10.7. The first-order chi connectivity index (χ1) is 14.1. The smallest absolute Gasteiger partial charge is 0.261 e. The number of amides is 2. The third-order valence-corrected chi connectivity index (χ3v) is 5.24. The molecule has 0 heterocycles. The van der Waals surface area contributed by atoms with Gasteiger partial charge in [-0.3, -0.25) is 9.59 Å². The summed E-state index contributed by atoms with van der Waals surface area (Å²) in [7, 11) is 0. The lowest BCUT2D eigenvalue weighted by Gasteiger charge is -2.29. The SMILES string of the molecule is Cc1ccc(C)c(OCC(=O)N(Cc2ccc(Cl)cc2Cl)[C@H](C)C(=O)NC(C)C)c1. The molecule has 2 rings (SSSR count). The number of ether oxygens (including phenoxy) is 1. The van der Waals surface area contributed by atoms with E-state index >= 15 is 0 Å². The van der Waals surface area contributed by atoms with Crippen molar-refractivity contribution in [2.75, 3.05) is 6.61 Å². The predicted octanol–water partition coefficient (Wildman–Crippen LogP) is 4.93. The van der Waals surface area contributed by atoms with E-state index in [1.807, 2.05) is 45.9 Å². The van der Waals surface area contributed by atoms with Crippen molar-refractivity contribution in [2.24, 2.45) is 0 Å². The van der Waals surface area contributed by atoms with E-state index in [2.05, 4.69) is 5.32 Å². The van der Waals surface area contributed by atoms with Gasteiger partial charge in [-0.25, -0.2) is 0 Å². The monoisotopic (exact) mass is 450 g/mol. The lowest BCUT2D eigenvalue weighted by Crippen LogP contribution is -2.50. The highest BCUT2D eigenvalue weighted by Gasteiger charge is 2.27. The molecule has 30 heavy (non-hydrogen) atoms. The molecule has 2 amide bonds. The molecule has 0 unspecified atom stereocenters. The Bertz CT molecular complexity index is 915. The fourth-order valence-electron chi connectivity index (χ4n) is 2.91. The molecule has 0 aliphatic rings. The van der Waals surface area contributed by atoms with Gasteiger partial charge in [-0.15, -0.1) is 0 Å². The van der Waals surface area contributed by atoms with Crippen LogP contribution < -0.4 is 10.1 Å². The minimum Gasteiger partial charge on any atom is -0.483 e. The van der Waals surface area contributed by atoms with Gasteiger partial charge >= 0.3 is 0 Å². The van der Waals surface area contributed by atoms with E-state index in [1.54, 1.807) is 25.1 Å². The Kier molecular flexibility index (Phi) is 8.56. The van der Waals surface area contributed by atoms with Gasteiger partial charge in [-0.2, -0.15) is 0 Å². The van der Waals surface area contributed by atoms with Gasteiger partial charge in [-0.1, -0.05) is 41.4 Å². The first kappa shape index (κ1) is 24.0. The van der Waals surface area contributed by atoms with E-state index < -0.39 is 6.04 Å². The molecule has 5 nitrogen and oxygen atoms in total. The average Bonchev–Trinajstić information content (AvgIpc) is 2.66. The van der Waals surface area contributed by atoms with Crippen LogP contribution in [0.5, 0.6) is 5.75 Å². The molecular weight excluding hydrogens is 423 g/mol. The maximum absolute atomic E-state index is 13.1. The van der Waals surface area contributed by atoms with Crippen LogP contribution in [0.25, 0.3) is 0 Å². The van der Waals surface area contributed by atoms with Crippen LogP contribution in [0.15, 0.2) is 36.4 Å². The van der Waals surface area contributed by atoms with Crippen molar-refractivity contribution in [1.29, 1.82) is 0 Å². The summed E-state index contributed by atoms with van der Waals surface area (Å²) in [4.78, 5) is 27.2. The number of rotatable bonds is 8. The largest absolute Gasteiger partial charge is 0.483 e. The van der Waals surface area contributed by atoms with Crippen LogP contribution in [-0.4, -0.2) is 35.4 Å². The zero-order chi connectivity index (χ0) is 22.4. The molecular formula is C23H28Cl2N2O3. The number of halogens is 2. The van der Waals surface area contributed by atoms with Crippen molar-refractivity contribution in [3.63, 3.8) is 0 Å². The molecule has 0 aromatic heterocycles. The number of nitrogens with zero attached hydrogens (tertiary/aromatic N) is 1. The van der Waals surface area contributed by atoms with Crippen LogP contribution in [0.3, 0.4) is 0 Å². The van der Waals surface area contributed by atoms with Gasteiger partial charge in [0.05, 0.1) is 0 Å². The number of aryl methyl sites for hydroxylation is 2. The highest BCUT2D eigenvalue weighted by Crippen LogP contribution is 2.24. The third kappa shape index (κ3) is 6.64. The number of hydrogen-bond acceptors (Lipinski definition) is 3. The van der Waals surface area contributed by atoms with Gasteiger partial charge in [0.1, 0.15) is 11.8 Å². The molecule has 0 fully saturated rings. The lowest BCUT2D eigenvalue weighted by atomic mass is 10.1. The van der Waals surface area contributed by atoms with Crippen LogP contribution in [0.1, 0.15) is 37.5 Å². The summed E-state index contributed by atoms with van der Waals surface area (Å²) in [5.74, 6) is 0.0932. The van der Waals surface area contributed by atoms with Crippen LogP contribution >= 0.6 is 23.2 Å². The molecule has 0 bridgehead atoms. The summed E-state index contributed by atoms with van der Waals surface area (Å²) >= 11 is 12.3. The molecule has 7 heteroatoms. The average molecular weight is 451 g/mol. The maximum Gasteiger partial charge on any atom is 0.261 e. The van der Waals surface area contributed by atoms with Crippen molar-refractivity contribution in [3.05, 3.63) is 63.1 Å². The first-order valence-corrected chi connectivity index (χ1v) is 10.6. The predicted molar refractivity (Wildman–Crippen MR) is 121 cm³/mol. The number of nitrogens with one attached hydrogen (secondary N) is 1. The molecule has 1 atom stereocenters. The summed E-state index contributed by atoms with van der Waals surface area (Å²) in [6.45, 7) is 9.29. The van der Waals surface area contributed by atoms with Crippen molar-refractivity contribution >= 4 is 35.0 Å². The van der Waals surface area contributed by atoms with Crippen molar-refractivity contribution < 1.29 is 14.3 Å². The van der Waals surface area contributed by atoms with Crippen molar-refractivity contribution in [1.82, 2.24) is 10.2 Å². The van der Waals surface area contributed by atoms with E-state index in [0.29, 0.717) is 21.4 Å². The van der Waals surface area contributed by atoms with Gasteiger partial charge in [-0.05, 0) is 69.5 Å². The number of benzene rings is 2. The maximum atomic E-state index is 13.1. The molecule has 2 aromatic rings. The second-order valence-corrected chi connectivity index (χ2v) is 8.50. The first-order valence-electron chi connectivity index (χ1n) is 9.82. The van der Waals surface area contributed by atoms with Crippen LogP contribution in [0.4, 0.5) is 0 Å². The molecule has 0 saturated carbocycles. The van der Waals surface area contributed by atoms with Crippen LogP contribution in [-0.2, 0) is 16.1 Å². The lowest BCUT2D eigenvalue weighted by molar-refractivity contribution is -0.142. The van der Waals surface area contributed by atoms with Crippen molar-refractivity contribution in [3.8, 4) is 5.75 Å². The summed E-state index contributed by atoms with van der Waals surface area (Å²) in [6, 6.07) is 10.2. The van der Waals surface area contributed by atoms with E-state index in [9.17, 15) is 9.59 Å². The summed E-state index contributed by atoms with van der Waals surface area (Å²) in [5, 5.41) is 3.79. The Morgan fingerprint density at radius 3 is 2.40 bits per heavy atom. The van der Waals surface area contributed by atoms with Crippen LogP contribution in [0.2, 0.25) is 10.0 Å². The molecule has 0 radical (unpaired) electrons. The Balaban J connectivity index is 2.23. The van der Waals surface area contributed by atoms with Gasteiger partial charge in [0.15, 0.2) is 6.61 Å². The Labute approximate surface area is 188 Å². The molecule has 162 valence electrons. The number of carbonyl (C=O) groups is 2. The Hall–Kier alpha value is -2.24. The van der Waals surface area contributed by atoms with E-state index in [1.165, 1.54) is 4.90 Å². The van der Waals surface area contributed by atoms with E-state index in [4.69, 9.17) is 27.9 Å². The Morgan fingerprint density at radius 2 is 1.77 bits per heavy atom. The van der Waals surface area contributed by atoms with Gasteiger partial charge in [0.25, 0.3) is 5.91 Å². The fraction of sp³-hybridized carbons (Fsp3) is 0.391. The molecule has 2 aromatic carbocycles. The van der Waals surface area contributed by atoms with E-state index in [0.717, 1.165) is 11.1 Å². The summed E-state index contributed by atoms with van der Waals surface area (Å²) in [5.41, 5.74) is 2.68.